The molecule has 0 fully saturated rings. The highest BCUT2D eigenvalue weighted by Crippen LogP contribution is 2.24. The predicted octanol–water partition coefficient (Wildman–Crippen LogP) is 3.39. The van der Waals surface area contributed by atoms with Crippen LogP contribution in [0.15, 0.2) is 36.5 Å². The highest BCUT2D eigenvalue weighted by molar-refractivity contribution is 5.24. The van der Waals surface area contributed by atoms with Crippen molar-refractivity contribution < 1.29 is 13.2 Å². The van der Waals surface area contributed by atoms with Gasteiger partial charge in [-0.1, -0.05) is 12.1 Å². The van der Waals surface area contributed by atoms with Crippen molar-refractivity contribution >= 4 is 0 Å². The van der Waals surface area contributed by atoms with Crippen LogP contribution >= 0.6 is 0 Å². The lowest BCUT2D eigenvalue weighted by molar-refractivity contribution is 0.424. The van der Waals surface area contributed by atoms with Crippen LogP contribution < -0.4 is 5.32 Å². The summed E-state index contributed by atoms with van der Waals surface area (Å²) in [6.45, 7) is 0. The fourth-order valence-electron chi connectivity index (χ4n) is 2.10. The Labute approximate surface area is 115 Å². The second kappa shape index (κ2) is 6.52. The van der Waals surface area contributed by atoms with Crippen molar-refractivity contribution in [1.29, 1.82) is 0 Å². The van der Waals surface area contributed by atoms with E-state index < -0.39 is 23.5 Å². The SMILES string of the molecule is CNC(CCc1ccccn1)c1ccc(F)c(F)c1F. The van der Waals surface area contributed by atoms with Gasteiger partial charge in [0, 0.05) is 23.5 Å². The molecule has 0 saturated carbocycles. The molecule has 2 rings (SSSR count). The van der Waals surface area contributed by atoms with Gasteiger partial charge in [-0.15, -0.1) is 0 Å². The Morgan fingerprint density at radius 1 is 1.10 bits per heavy atom. The van der Waals surface area contributed by atoms with E-state index in [1.807, 2.05) is 18.2 Å². The third-order valence-electron chi connectivity index (χ3n) is 3.20. The van der Waals surface area contributed by atoms with Crippen LogP contribution in [-0.4, -0.2) is 12.0 Å². The quantitative estimate of drug-likeness (QED) is 0.849. The van der Waals surface area contributed by atoms with Gasteiger partial charge in [-0.05, 0) is 38.1 Å². The largest absolute Gasteiger partial charge is 0.313 e. The standard InChI is InChI=1S/C15H15F3N2/c1-19-13(8-5-10-4-2-3-9-20-10)11-6-7-12(16)15(18)14(11)17/h2-4,6-7,9,13,19H,5,8H2,1H3. The fourth-order valence-corrected chi connectivity index (χ4v) is 2.10. The van der Waals surface area contributed by atoms with Crippen LogP contribution in [0.25, 0.3) is 0 Å². The summed E-state index contributed by atoms with van der Waals surface area (Å²) in [6, 6.07) is 7.37. The van der Waals surface area contributed by atoms with E-state index in [1.54, 1.807) is 13.2 Å². The zero-order chi connectivity index (χ0) is 14.5. The number of hydrogen-bond acceptors (Lipinski definition) is 2. The maximum absolute atomic E-state index is 13.8. The summed E-state index contributed by atoms with van der Waals surface area (Å²) >= 11 is 0. The van der Waals surface area contributed by atoms with Crippen LogP contribution in [0.4, 0.5) is 13.2 Å². The van der Waals surface area contributed by atoms with Crippen LogP contribution in [0, 0.1) is 17.5 Å². The third-order valence-corrected chi connectivity index (χ3v) is 3.20. The molecular formula is C15H15F3N2. The summed E-state index contributed by atoms with van der Waals surface area (Å²) in [5.74, 6) is -3.74. The molecule has 0 saturated heterocycles. The summed E-state index contributed by atoms with van der Waals surface area (Å²) in [5, 5.41) is 2.92. The van der Waals surface area contributed by atoms with Gasteiger partial charge in [-0.2, -0.15) is 0 Å². The summed E-state index contributed by atoms with van der Waals surface area (Å²) < 4.78 is 39.9. The minimum atomic E-state index is -1.43. The van der Waals surface area contributed by atoms with Crippen LogP contribution in [0.2, 0.25) is 0 Å². The highest BCUT2D eigenvalue weighted by Gasteiger charge is 2.19. The number of aromatic nitrogens is 1. The second-order valence-electron chi connectivity index (χ2n) is 4.47. The Hall–Kier alpha value is -1.88. The monoisotopic (exact) mass is 280 g/mol. The average Bonchev–Trinajstić information content (AvgIpc) is 2.48. The van der Waals surface area contributed by atoms with Gasteiger partial charge >= 0.3 is 0 Å². The van der Waals surface area contributed by atoms with Gasteiger partial charge in [0.1, 0.15) is 0 Å². The molecule has 0 radical (unpaired) electrons. The minimum absolute atomic E-state index is 0.127. The molecule has 106 valence electrons. The lowest BCUT2D eigenvalue weighted by Gasteiger charge is -2.17. The van der Waals surface area contributed by atoms with Gasteiger partial charge in [0.2, 0.25) is 0 Å². The molecular weight excluding hydrogens is 265 g/mol. The number of benzene rings is 1. The number of rotatable bonds is 5. The molecule has 0 aliphatic carbocycles. The fraction of sp³-hybridized carbons (Fsp3) is 0.267. The molecule has 2 aromatic rings. The number of nitrogens with one attached hydrogen (secondary N) is 1. The van der Waals surface area contributed by atoms with Gasteiger partial charge < -0.3 is 5.32 Å². The smallest absolute Gasteiger partial charge is 0.194 e. The first-order chi connectivity index (χ1) is 9.63. The first kappa shape index (κ1) is 14.5. The molecule has 0 amide bonds. The van der Waals surface area contributed by atoms with Crippen molar-refractivity contribution in [2.45, 2.75) is 18.9 Å². The second-order valence-corrected chi connectivity index (χ2v) is 4.47. The maximum atomic E-state index is 13.8. The van der Waals surface area contributed by atoms with Gasteiger partial charge in [-0.3, -0.25) is 4.98 Å². The first-order valence-corrected chi connectivity index (χ1v) is 6.34. The topological polar surface area (TPSA) is 24.9 Å². The number of hydrogen-bond donors (Lipinski definition) is 1. The summed E-state index contributed by atoms with van der Waals surface area (Å²) in [7, 11) is 1.66. The molecule has 1 unspecified atom stereocenters. The molecule has 0 aliphatic heterocycles. The molecule has 1 heterocycles. The van der Waals surface area contributed by atoms with Crippen LogP contribution in [-0.2, 0) is 6.42 Å². The van der Waals surface area contributed by atoms with Crippen molar-refractivity contribution in [3.05, 3.63) is 65.2 Å². The first-order valence-electron chi connectivity index (χ1n) is 6.34. The van der Waals surface area contributed by atoms with E-state index in [9.17, 15) is 13.2 Å². The van der Waals surface area contributed by atoms with E-state index in [-0.39, 0.29) is 5.56 Å². The average molecular weight is 280 g/mol. The summed E-state index contributed by atoms with van der Waals surface area (Å²) in [5.41, 5.74) is 0.998. The van der Waals surface area contributed by atoms with E-state index in [2.05, 4.69) is 10.3 Å². The molecule has 20 heavy (non-hydrogen) atoms. The van der Waals surface area contributed by atoms with Crippen molar-refractivity contribution in [2.24, 2.45) is 0 Å². The summed E-state index contributed by atoms with van der Waals surface area (Å²) in [4.78, 5) is 4.18. The molecule has 1 aromatic carbocycles. The van der Waals surface area contributed by atoms with Crippen LogP contribution in [0.5, 0.6) is 0 Å². The predicted molar refractivity (Wildman–Crippen MR) is 70.7 cm³/mol. The Morgan fingerprint density at radius 3 is 2.55 bits per heavy atom. The minimum Gasteiger partial charge on any atom is -0.313 e. The number of halogens is 3. The van der Waals surface area contributed by atoms with E-state index in [4.69, 9.17) is 0 Å². The molecule has 1 N–H and O–H groups in total. The number of pyridine rings is 1. The van der Waals surface area contributed by atoms with Crippen LogP contribution in [0.1, 0.15) is 23.7 Å². The van der Waals surface area contributed by atoms with E-state index >= 15 is 0 Å². The summed E-state index contributed by atoms with van der Waals surface area (Å²) in [6.07, 6.45) is 2.84. The molecule has 0 spiro atoms. The Balaban J connectivity index is 2.15. The van der Waals surface area contributed by atoms with E-state index in [1.165, 1.54) is 6.07 Å². The Bertz CT molecular complexity index is 573. The molecule has 0 bridgehead atoms. The number of aryl methyl sites for hydroxylation is 1. The van der Waals surface area contributed by atoms with Gasteiger partial charge in [0.25, 0.3) is 0 Å². The van der Waals surface area contributed by atoms with Crippen molar-refractivity contribution in [1.82, 2.24) is 10.3 Å². The van der Waals surface area contributed by atoms with Gasteiger partial charge in [0.15, 0.2) is 17.5 Å². The molecule has 5 heteroatoms. The zero-order valence-corrected chi connectivity index (χ0v) is 11.0. The van der Waals surface area contributed by atoms with Crippen molar-refractivity contribution in [2.75, 3.05) is 7.05 Å². The van der Waals surface area contributed by atoms with Crippen LogP contribution in [0.3, 0.4) is 0 Å². The molecule has 1 aromatic heterocycles. The van der Waals surface area contributed by atoms with Gasteiger partial charge in [0.05, 0.1) is 0 Å². The number of nitrogens with zero attached hydrogens (tertiary/aromatic N) is 1. The van der Waals surface area contributed by atoms with Crippen molar-refractivity contribution in [3.63, 3.8) is 0 Å². The normalized spacial score (nSPS) is 12.4. The lowest BCUT2D eigenvalue weighted by Crippen LogP contribution is -2.19. The molecule has 2 nitrogen and oxygen atoms in total. The highest BCUT2D eigenvalue weighted by atomic mass is 19.2. The van der Waals surface area contributed by atoms with Gasteiger partial charge in [-0.25, -0.2) is 13.2 Å². The van der Waals surface area contributed by atoms with E-state index in [0.717, 1.165) is 11.8 Å². The third kappa shape index (κ3) is 3.17. The maximum Gasteiger partial charge on any atom is 0.194 e. The Kier molecular flexibility index (Phi) is 4.74. The zero-order valence-electron chi connectivity index (χ0n) is 11.0. The van der Waals surface area contributed by atoms with Crippen molar-refractivity contribution in [3.8, 4) is 0 Å². The lowest BCUT2D eigenvalue weighted by atomic mass is 10.00. The molecule has 1 atom stereocenters. The Morgan fingerprint density at radius 2 is 1.90 bits per heavy atom. The molecule has 0 aliphatic rings. The van der Waals surface area contributed by atoms with E-state index in [0.29, 0.717) is 12.8 Å².